The van der Waals surface area contributed by atoms with Crippen LogP contribution in [0.4, 0.5) is 0 Å². The molecular formula is C14H22N2O5. The van der Waals surface area contributed by atoms with Gasteiger partial charge >= 0.3 is 11.9 Å². The predicted octanol–water partition coefficient (Wildman–Crippen LogP) is 0.611. The number of nitrogens with one attached hydrogen (secondary N) is 1. The highest BCUT2D eigenvalue weighted by atomic mass is 16.6. The van der Waals surface area contributed by atoms with Crippen molar-refractivity contribution in [3.8, 4) is 0 Å². The lowest BCUT2D eigenvalue weighted by Crippen LogP contribution is -2.37. The number of amidine groups is 1. The van der Waals surface area contributed by atoms with Gasteiger partial charge in [0.1, 0.15) is 12.2 Å². The van der Waals surface area contributed by atoms with Crippen LogP contribution in [0.1, 0.15) is 40.5 Å². The highest BCUT2D eigenvalue weighted by molar-refractivity contribution is 6.38. The Hall–Kier alpha value is -1.92. The molecule has 21 heavy (non-hydrogen) atoms. The Bertz CT molecular complexity index is 451. The van der Waals surface area contributed by atoms with Crippen molar-refractivity contribution in [1.29, 1.82) is 0 Å². The van der Waals surface area contributed by atoms with Gasteiger partial charge in [-0.05, 0) is 20.8 Å². The summed E-state index contributed by atoms with van der Waals surface area (Å²) in [5, 5.41) is 2.87. The van der Waals surface area contributed by atoms with E-state index in [4.69, 9.17) is 9.47 Å². The van der Waals surface area contributed by atoms with Crippen LogP contribution in [-0.4, -0.2) is 48.4 Å². The molecule has 118 valence electrons. The van der Waals surface area contributed by atoms with E-state index < -0.39 is 17.5 Å². The second-order valence-corrected chi connectivity index (χ2v) is 5.86. The number of carbonyl (C=O) groups is 3. The molecule has 1 heterocycles. The van der Waals surface area contributed by atoms with Crippen LogP contribution in [0.5, 0.6) is 0 Å². The minimum Gasteiger partial charge on any atom is -0.463 e. The van der Waals surface area contributed by atoms with E-state index in [-0.39, 0.29) is 31.3 Å². The molecule has 0 saturated heterocycles. The summed E-state index contributed by atoms with van der Waals surface area (Å²) in [4.78, 5) is 38.0. The summed E-state index contributed by atoms with van der Waals surface area (Å²) in [6, 6.07) is -0.186. The molecule has 0 bridgehead atoms. The van der Waals surface area contributed by atoms with E-state index in [2.05, 4.69) is 10.3 Å². The van der Waals surface area contributed by atoms with Crippen molar-refractivity contribution >= 4 is 23.6 Å². The van der Waals surface area contributed by atoms with Gasteiger partial charge in [-0.25, -0.2) is 0 Å². The second kappa shape index (κ2) is 7.19. The minimum absolute atomic E-state index is 0.0105. The van der Waals surface area contributed by atoms with Crippen LogP contribution in [0.2, 0.25) is 0 Å². The van der Waals surface area contributed by atoms with Gasteiger partial charge in [0.15, 0.2) is 11.6 Å². The maximum atomic E-state index is 11.5. The largest absolute Gasteiger partial charge is 0.463 e. The Morgan fingerprint density at radius 3 is 2.38 bits per heavy atom. The predicted molar refractivity (Wildman–Crippen MR) is 75.9 cm³/mol. The molecule has 7 heteroatoms. The number of hydrogen-bond acceptors (Lipinski definition) is 7. The first-order valence-electron chi connectivity index (χ1n) is 6.87. The summed E-state index contributed by atoms with van der Waals surface area (Å²) in [5.74, 6) is -0.738. The first-order valence-corrected chi connectivity index (χ1v) is 6.87. The fourth-order valence-electron chi connectivity index (χ4n) is 1.66. The van der Waals surface area contributed by atoms with Crippen LogP contribution in [-0.2, 0) is 23.9 Å². The fourth-order valence-corrected chi connectivity index (χ4v) is 1.66. The molecular weight excluding hydrogens is 276 g/mol. The van der Waals surface area contributed by atoms with Crippen LogP contribution < -0.4 is 5.32 Å². The van der Waals surface area contributed by atoms with Crippen LogP contribution in [0.3, 0.4) is 0 Å². The maximum Gasteiger partial charge on any atom is 0.306 e. The Morgan fingerprint density at radius 2 is 1.86 bits per heavy atom. The standard InChI is InChI=1S/C14H22N2O5/c1-9(17)13-15-7-10(16-13)8-20-11(18)5-6-12(19)21-14(2,3)4/h10H,5-8H2,1-4H3,(H,15,16). The summed E-state index contributed by atoms with van der Waals surface area (Å²) in [6.45, 7) is 7.23. The lowest BCUT2D eigenvalue weighted by molar-refractivity contribution is -0.158. The Morgan fingerprint density at radius 1 is 1.24 bits per heavy atom. The Kier molecular flexibility index (Phi) is 5.87. The van der Waals surface area contributed by atoms with Gasteiger partial charge in [0, 0.05) is 6.92 Å². The van der Waals surface area contributed by atoms with Crippen LogP contribution in [0, 0.1) is 0 Å². The lowest BCUT2D eigenvalue weighted by Gasteiger charge is -2.19. The Balaban J connectivity index is 2.18. The number of esters is 2. The van der Waals surface area contributed by atoms with E-state index in [1.54, 1.807) is 20.8 Å². The molecule has 0 radical (unpaired) electrons. The first-order chi connectivity index (χ1) is 9.67. The molecule has 0 aliphatic carbocycles. The van der Waals surface area contributed by atoms with Crippen molar-refractivity contribution in [2.24, 2.45) is 4.99 Å². The van der Waals surface area contributed by atoms with Gasteiger partial charge in [0.25, 0.3) is 0 Å². The summed E-state index contributed by atoms with van der Waals surface area (Å²) in [5.41, 5.74) is -0.560. The second-order valence-electron chi connectivity index (χ2n) is 5.86. The number of ketones is 1. The number of rotatable bonds is 6. The third-order valence-corrected chi connectivity index (χ3v) is 2.54. The molecule has 1 rings (SSSR count). The quantitative estimate of drug-likeness (QED) is 0.722. The molecule has 0 amide bonds. The van der Waals surface area contributed by atoms with Gasteiger partial charge in [-0.1, -0.05) is 0 Å². The first kappa shape index (κ1) is 17.1. The average Bonchev–Trinajstić information content (AvgIpc) is 2.80. The maximum absolute atomic E-state index is 11.5. The zero-order valence-corrected chi connectivity index (χ0v) is 12.9. The highest BCUT2D eigenvalue weighted by Gasteiger charge is 2.22. The molecule has 7 nitrogen and oxygen atoms in total. The van der Waals surface area contributed by atoms with E-state index in [1.807, 2.05) is 0 Å². The van der Waals surface area contributed by atoms with E-state index in [0.717, 1.165) is 0 Å². The number of ether oxygens (including phenoxy) is 2. The molecule has 0 aromatic rings. The van der Waals surface area contributed by atoms with Crippen molar-refractivity contribution in [2.75, 3.05) is 13.2 Å². The number of Topliss-reactive ketones (excluding diaryl/α,β-unsaturated/α-hetero) is 1. The molecule has 0 spiro atoms. The van der Waals surface area contributed by atoms with Gasteiger partial charge in [0.05, 0.1) is 25.4 Å². The van der Waals surface area contributed by atoms with E-state index in [0.29, 0.717) is 12.4 Å². The van der Waals surface area contributed by atoms with Crippen molar-refractivity contribution in [2.45, 2.75) is 52.2 Å². The van der Waals surface area contributed by atoms with Crippen molar-refractivity contribution in [1.82, 2.24) is 5.32 Å². The summed E-state index contributed by atoms with van der Waals surface area (Å²) < 4.78 is 10.1. The zero-order valence-electron chi connectivity index (χ0n) is 12.9. The number of aliphatic imine (C=N–C) groups is 1. The van der Waals surface area contributed by atoms with Crippen LogP contribution in [0.25, 0.3) is 0 Å². The summed E-state index contributed by atoms with van der Waals surface area (Å²) >= 11 is 0. The smallest absolute Gasteiger partial charge is 0.306 e. The summed E-state index contributed by atoms with van der Waals surface area (Å²) in [7, 11) is 0. The summed E-state index contributed by atoms with van der Waals surface area (Å²) in [6.07, 6.45) is -0.0363. The highest BCUT2D eigenvalue weighted by Crippen LogP contribution is 2.09. The molecule has 1 aliphatic rings. The molecule has 1 atom stereocenters. The Labute approximate surface area is 124 Å². The number of nitrogens with zero attached hydrogens (tertiary/aromatic N) is 1. The van der Waals surface area contributed by atoms with Crippen LogP contribution in [0.15, 0.2) is 4.99 Å². The molecule has 1 aliphatic heterocycles. The molecule has 0 aromatic heterocycles. The van der Waals surface area contributed by atoms with Gasteiger partial charge in [-0.3, -0.25) is 19.4 Å². The fraction of sp³-hybridized carbons (Fsp3) is 0.714. The third-order valence-electron chi connectivity index (χ3n) is 2.54. The van der Waals surface area contributed by atoms with E-state index in [1.165, 1.54) is 6.92 Å². The molecule has 1 N–H and O–H groups in total. The SMILES string of the molecule is CC(=O)C1=NCC(COC(=O)CCC(=O)OC(C)(C)C)N1. The monoisotopic (exact) mass is 298 g/mol. The topological polar surface area (TPSA) is 94.1 Å². The van der Waals surface area contributed by atoms with Crippen molar-refractivity contribution in [3.63, 3.8) is 0 Å². The van der Waals surface area contributed by atoms with Crippen LogP contribution >= 0.6 is 0 Å². The molecule has 0 saturated carbocycles. The van der Waals surface area contributed by atoms with E-state index >= 15 is 0 Å². The van der Waals surface area contributed by atoms with Gasteiger partial charge in [-0.15, -0.1) is 0 Å². The zero-order chi connectivity index (χ0) is 16.0. The minimum atomic E-state index is -0.560. The molecule has 0 aromatic carbocycles. The molecule has 0 fully saturated rings. The normalized spacial score (nSPS) is 17.7. The third kappa shape index (κ3) is 6.87. The number of hydrogen-bond donors (Lipinski definition) is 1. The van der Waals surface area contributed by atoms with Gasteiger partial charge < -0.3 is 14.8 Å². The van der Waals surface area contributed by atoms with E-state index in [9.17, 15) is 14.4 Å². The average molecular weight is 298 g/mol. The molecule has 1 unspecified atom stereocenters. The van der Waals surface area contributed by atoms with Crippen molar-refractivity contribution in [3.05, 3.63) is 0 Å². The lowest BCUT2D eigenvalue weighted by atomic mass is 10.2. The van der Waals surface area contributed by atoms with Gasteiger partial charge in [0.2, 0.25) is 0 Å². The van der Waals surface area contributed by atoms with Gasteiger partial charge in [-0.2, -0.15) is 0 Å². The number of carbonyl (C=O) groups excluding carboxylic acids is 3. The van der Waals surface area contributed by atoms with Crippen molar-refractivity contribution < 1.29 is 23.9 Å².